The Balaban J connectivity index is 1.83. The maximum atomic E-state index is 12.3. The topological polar surface area (TPSA) is 64.7 Å². The second-order valence-electron chi connectivity index (χ2n) is 5.38. The summed E-state index contributed by atoms with van der Waals surface area (Å²) in [4.78, 5) is 27.6. The third-order valence-electron chi connectivity index (χ3n) is 4.08. The van der Waals surface area contributed by atoms with Gasteiger partial charge in [-0.2, -0.15) is 0 Å². The Hall–Kier alpha value is -1.14. The molecule has 0 aromatic heterocycles. The summed E-state index contributed by atoms with van der Waals surface area (Å²) in [5, 5.41) is 5.70. The molecular formula is C13H24N4O2. The van der Waals surface area contributed by atoms with Crippen molar-refractivity contribution in [1.82, 2.24) is 20.4 Å². The lowest BCUT2D eigenvalue weighted by Crippen LogP contribution is -2.59. The first-order chi connectivity index (χ1) is 9.11. The van der Waals surface area contributed by atoms with Gasteiger partial charge >= 0.3 is 0 Å². The van der Waals surface area contributed by atoms with E-state index in [4.69, 9.17) is 0 Å². The van der Waals surface area contributed by atoms with E-state index in [2.05, 4.69) is 22.5 Å². The number of nitrogens with one attached hydrogen (secondary N) is 2. The third-order valence-corrected chi connectivity index (χ3v) is 4.08. The number of carbonyl (C=O) groups excluding carboxylic acids is 2. The maximum Gasteiger partial charge on any atom is 0.241 e. The maximum absolute atomic E-state index is 12.3. The average Bonchev–Trinajstić information content (AvgIpc) is 2.86. The number of likely N-dealkylation sites (tertiary alicyclic amines) is 1. The quantitative estimate of drug-likeness (QED) is 0.688. The van der Waals surface area contributed by atoms with Crippen molar-refractivity contribution in [3.63, 3.8) is 0 Å². The Morgan fingerprint density at radius 2 is 2.32 bits per heavy atom. The Morgan fingerprint density at radius 1 is 1.53 bits per heavy atom. The highest BCUT2D eigenvalue weighted by molar-refractivity contribution is 5.86. The smallest absolute Gasteiger partial charge is 0.241 e. The molecule has 2 atom stereocenters. The minimum atomic E-state index is -0.279. The summed E-state index contributed by atoms with van der Waals surface area (Å²) in [5.41, 5.74) is 0. The first-order valence-corrected chi connectivity index (χ1v) is 7.11. The van der Waals surface area contributed by atoms with Gasteiger partial charge in [0.25, 0.3) is 0 Å². The van der Waals surface area contributed by atoms with Crippen LogP contribution < -0.4 is 10.6 Å². The van der Waals surface area contributed by atoms with Gasteiger partial charge in [-0.3, -0.25) is 19.8 Å². The molecule has 2 saturated heterocycles. The Morgan fingerprint density at radius 3 is 2.95 bits per heavy atom. The SMILES string of the molecule is CCN1CCCC1CN(C)C(=O)C1CNC(=O)CN1. The van der Waals surface area contributed by atoms with Crippen LogP contribution >= 0.6 is 0 Å². The predicted molar refractivity (Wildman–Crippen MR) is 72.7 cm³/mol. The van der Waals surface area contributed by atoms with E-state index < -0.39 is 0 Å². The number of hydrogen-bond donors (Lipinski definition) is 2. The zero-order chi connectivity index (χ0) is 13.8. The molecule has 0 aliphatic carbocycles. The van der Waals surface area contributed by atoms with E-state index >= 15 is 0 Å². The fourth-order valence-electron chi connectivity index (χ4n) is 2.93. The molecule has 2 N–H and O–H groups in total. The van der Waals surface area contributed by atoms with Crippen LogP contribution in [0.4, 0.5) is 0 Å². The van der Waals surface area contributed by atoms with E-state index in [1.165, 1.54) is 12.8 Å². The summed E-state index contributed by atoms with van der Waals surface area (Å²) in [7, 11) is 1.85. The largest absolute Gasteiger partial charge is 0.353 e. The van der Waals surface area contributed by atoms with Crippen molar-refractivity contribution in [3.05, 3.63) is 0 Å². The molecule has 108 valence electrons. The van der Waals surface area contributed by atoms with Crippen molar-refractivity contribution in [1.29, 1.82) is 0 Å². The number of nitrogens with zero attached hydrogens (tertiary/aromatic N) is 2. The van der Waals surface area contributed by atoms with Gasteiger partial charge in [-0.15, -0.1) is 0 Å². The number of hydrogen-bond acceptors (Lipinski definition) is 4. The standard InChI is InChI=1S/C13H24N4O2/c1-3-17-6-4-5-10(17)9-16(2)13(19)11-7-15-12(18)8-14-11/h10-11,14H,3-9H2,1-2H3,(H,15,18). The van der Waals surface area contributed by atoms with Crippen LogP contribution in [0.25, 0.3) is 0 Å². The molecule has 2 rings (SSSR count). The molecule has 2 unspecified atom stereocenters. The van der Waals surface area contributed by atoms with Crippen molar-refractivity contribution >= 4 is 11.8 Å². The second-order valence-corrected chi connectivity index (χ2v) is 5.38. The van der Waals surface area contributed by atoms with Crippen molar-refractivity contribution in [3.8, 4) is 0 Å². The number of amides is 2. The van der Waals surface area contributed by atoms with Crippen LogP contribution in [0.3, 0.4) is 0 Å². The summed E-state index contributed by atoms with van der Waals surface area (Å²) in [6.45, 7) is 5.75. The van der Waals surface area contributed by atoms with Gasteiger partial charge in [0.05, 0.1) is 6.54 Å². The zero-order valence-electron chi connectivity index (χ0n) is 11.8. The zero-order valence-corrected chi connectivity index (χ0v) is 11.8. The van der Waals surface area contributed by atoms with E-state index in [1.54, 1.807) is 4.90 Å². The highest BCUT2D eigenvalue weighted by Gasteiger charge is 2.30. The van der Waals surface area contributed by atoms with Gasteiger partial charge in [-0.1, -0.05) is 6.92 Å². The van der Waals surface area contributed by atoms with E-state index in [9.17, 15) is 9.59 Å². The van der Waals surface area contributed by atoms with Gasteiger partial charge in [0.15, 0.2) is 0 Å². The van der Waals surface area contributed by atoms with E-state index in [0.29, 0.717) is 12.6 Å². The number of rotatable bonds is 4. The summed E-state index contributed by atoms with van der Waals surface area (Å²) in [6.07, 6.45) is 2.39. The van der Waals surface area contributed by atoms with Crippen LogP contribution in [0.5, 0.6) is 0 Å². The fraction of sp³-hybridized carbons (Fsp3) is 0.846. The summed E-state index contributed by atoms with van der Waals surface area (Å²) < 4.78 is 0. The van der Waals surface area contributed by atoms with E-state index in [1.807, 2.05) is 7.05 Å². The molecule has 2 aliphatic heterocycles. The van der Waals surface area contributed by atoms with Crippen LogP contribution in [0, 0.1) is 0 Å². The van der Waals surface area contributed by atoms with E-state index in [-0.39, 0.29) is 24.4 Å². The van der Waals surface area contributed by atoms with Gasteiger partial charge < -0.3 is 10.2 Å². The lowest BCUT2D eigenvalue weighted by Gasteiger charge is -2.31. The summed E-state index contributed by atoms with van der Waals surface area (Å²) >= 11 is 0. The van der Waals surface area contributed by atoms with E-state index in [0.717, 1.165) is 19.6 Å². The molecule has 2 aliphatic rings. The Kier molecular flexibility index (Phi) is 4.76. The molecule has 2 amide bonds. The normalized spacial score (nSPS) is 28.2. The first-order valence-electron chi connectivity index (χ1n) is 7.11. The van der Waals surface area contributed by atoms with Gasteiger partial charge in [-0.25, -0.2) is 0 Å². The van der Waals surface area contributed by atoms with Crippen LogP contribution in [0.1, 0.15) is 19.8 Å². The predicted octanol–water partition coefficient (Wildman–Crippen LogP) is -0.983. The van der Waals surface area contributed by atoms with Gasteiger partial charge in [-0.05, 0) is 25.9 Å². The summed E-state index contributed by atoms with van der Waals surface area (Å²) in [6, 6.07) is 0.205. The number of piperazine rings is 1. The molecule has 2 heterocycles. The van der Waals surface area contributed by atoms with Gasteiger partial charge in [0.2, 0.25) is 11.8 Å². The highest BCUT2D eigenvalue weighted by Crippen LogP contribution is 2.17. The molecule has 0 aromatic carbocycles. The Labute approximate surface area is 114 Å². The van der Waals surface area contributed by atoms with Crippen molar-refractivity contribution in [2.24, 2.45) is 0 Å². The third kappa shape index (κ3) is 3.45. The van der Waals surface area contributed by atoms with Crippen molar-refractivity contribution in [2.45, 2.75) is 31.8 Å². The second kappa shape index (κ2) is 6.34. The van der Waals surface area contributed by atoms with Crippen LogP contribution in [-0.4, -0.2) is 73.5 Å². The molecular weight excluding hydrogens is 244 g/mol. The van der Waals surface area contributed by atoms with Crippen LogP contribution in [-0.2, 0) is 9.59 Å². The average molecular weight is 268 g/mol. The fourth-order valence-corrected chi connectivity index (χ4v) is 2.93. The van der Waals surface area contributed by atoms with Crippen LogP contribution in [0.15, 0.2) is 0 Å². The van der Waals surface area contributed by atoms with Crippen LogP contribution in [0.2, 0.25) is 0 Å². The number of carbonyl (C=O) groups is 2. The molecule has 2 fully saturated rings. The van der Waals surface area contributed by atoms with Gasteiger partial charge in [0.1, 0.15) is 6.04 Å². The molecule has 0 bridgehead atoms. The van der Waals surface area contributed by atoms with Crippen molar-refractivity contribution in [2.75, 3.05) is 39.8 Å². The molecule has 6 heteroatoms. The lowest BCUT2D eigenvalue weighted by molar-refractivity contribution is -0.134. The minimum absolute atomic E-state index is 0.0420. The molecule has 6 nitrogen and oxygen atoms in total. The molecule has 0 radical (unpaired) electrons. The lowest BCUT2D eigenvalue weighted by atomic mass is 10.1. The van der Waals surface area contributed by atoms with Crippen molar-refractivity contribution < 1.29 is 9.59 Å². The number of likely N-dealkylation sites (N-methyl/N-ethyl adjacent to an activating group) is 2. The monoisotopic (exact) mass is 268 g/mol. The minimum Gasteiger partial charge on any atom is -0.353 e. The molecule has 0 spiro atoms. The first kappa shape index (κ1) is 14.3. The molecule has 0 aromatic rings. The molecule has 0 saturated carbocycles. The Bertz CT molecular complexity index is 338. The van der Waals surface area contributed by atoms with Gasteiger partial charge in [0, 0.05) is 26.2 Å². The highest BCUT2D eigenvalue weighted by atomic mass is 16.2. The summed E-state index contributed by atoms with van der Waals surface area (Å²) in [5.74, 6) is 0.0302. The molecule has 19 heavy (non-hydrogen) atoms.